The predicted octanol–water partition coefficient (Wildman–Crippen LogP) is 2.54. The minimum atomic E-state index is -2.40. The highest BCUT2D eigenvalue weighted by molar-refractivity contribution is 8.02. The molecule has 0 atom stereocenters. The fourth-order valence-corrected chi connectivity index (χ4v) is 3.52. The van der Waals surface area contributed by atoms with Crippen LogP contribution in [0.2, 0.25) is 6.04 Å². The van der Waals surface area contributed by atoms with Gasteiger partial charge >= 0.3 is 8.80 Å². The van der Waals surface area contributed by atoms with E-state index in [0.717, 1.165) is 37.9 Å². The lowest BCUT2D eigenvalue weighted by atomic mass is 10.5. The summed E-state index contributed by atoms with van der Waals surface area (Å²) in [6.45, 7) is 5.17. The SMILES string of the molecule is C=CSCCCOCCC[Si](OC)(OC)OC. The summed E-state index contributed by atoms with van der Waals surface area (Å²) in [6.07, 6.45) is 1.95. The van der Waals surface area contributed by atoms with Crippen LogP contribution in [-0.2, 0) is 18.0 Å². The fourth-order valence-electron chi connectivity index (χ4n) is 1.38. The van der Waals surface area contributed by atoms with Crippen LogP contribution in [0.5, 0.6) is 0 Å². The van der Waals surface area contributed by atoms with Crippen LogP contribution in [-0.4, -0.2) is 49.1 Å². The largest absolute Gasteiger partial charge is 0.500 e. The van der Waals surface area contributed by atoms with Crippen LogP contribution in [0.25, 0.3) is 0 Å². The second-order valence-electron chi connectivity index (χ2n) is 3.40. The zero-order valence-electron chi connectivity index (χ0n) is 11.1. The Morgan fingerprint density at radius 2 is 1.65 bits per heavy atom. The van der Waals surface area contributed by atoms with Crippen molar-refractivity contribution in [3.05, 3.63) is 12.0 Å². The summed E-state index contributed by atoms with van der Waals surface area (Å²) in [7, 11) is 2.50. The molecule has 0 amide bonds. The van der Waals surface area contributed by atoms with Crippen molar-refractivity contribution in [3.8, 4) is 0 Å². The molecule has 0 fully saturated rings. The average molecular weight is 280 g/mol. The highest BCUT2D eigenvalue weighted by atomic mass is 32.2. The smallest absolute Gasteiger partial charge is 0.381 e. The van der Waals surface area contributed by atoms with Crippen LogP contribution in [0.3, 0.4) is 0 Å². The van der Waals surface area contributed by atoms with Crippen molar-refractivity contribution < 1.29 is 18.0 Å². The number of ether oxygens (including phenoxy) is 1. The highest BCUT2D eigenvalue weighted by Gasteiger charge is 2.36. The highest BCUT2D eigenvalue weighted by Crippen LogP contribution is 2.14. The van der Waals surface area contributed by atoms with Gasteiger partial charge in [-0.2, -0.15) is 0 Å². The molecule has 4 nitrogen and oxygen atoms in total. The lowest BCUT2D eigenvalue weighted by Crippen LogP contribution is -2.42. The van der Waals surface area contributed by atoms with Crippen molar-refractivity contribution in [1.29, 1.82) is 0 Å². The second kappa shape index (κ2) is 11.2. The molecule has 0 saturated carbocycles. The van der Waals surface area contributed by atoms with Crippen LogP contribution in [0, 0.1) is 0 Å². The Balaban J connectivity index is 3.46. The zero-order valence-corrected chi connectivity index (χ0v) is 12.9. The number of hydrogen-bond acceptors (Lipinski definition) is 5. The van der Waals surface area contributed by atoms with Gasteiger partial charge in [-0.3, -0.25) is 0 Å². The van der Waals surface area contributed by atoms with Crippen LogP contribution >= 0.6 is 11.8 Å². The van der Waals surface area contributed by atoms with Crippen molar-refractivity contribution in [3.63, 3.8) is 0 Å². The molecule has 0 aromatic heterocycles. The summed E-state index contributed by atoms with van der Waals surface area (Å²) in [5.41, 5.74) is 0. The summed E-state index contributed by atoms with van der Waals surface area (Å²) in [6, 6.07) is 0.790. The van der Waals surface area contributed by atoms with E-state index in [1.165, 1.54) is 0 Å². The first-order valence-corrected chi connectivity index (χ1v) is 8.68. The van der Waals surface area contributed by atoms with Crippen molar-refractivity contribution in [1.82, 2.24) is 0 Å². The van der Waals surface area contributed by atoms with E-state index >= 15 is 0 Å². The molecule has 0 aromatic carbocycles. The van der Waals surface area contributed by atoms with Crippen LogP contribution in [0.1, 0.15) is 12.8 Å². The van der Waals surface area contributed by atoms with E-state index in [1.807, 2.05) is 5.41 Å². The molecule has 0 saturated heterocycles. The van der Waals surface area contributed by atoms with E-state index in [1.54, 1.807) is 33.1 Å². The molecule has 0 N–H and O–H groups in total. The molecule has 0 aliphatic rings. The van der Waals surface area contributed by atoms with Gasteiger partial charge in [0.25, 0.3) is 0 Å². The maximum Gasteiger partial charge on any atom is 0.500 e. The monoisotopic (exact) mass is 280 g/mol. The summed E-state index contributed by atoms with van der Waals surface area (Å²) < 4.78 is 21.5. The first-order chi connectivity index (χ1) is 8.24. The molecular formula is C11H24O4SSi. The number of rotatable bonds is 12. The number of thioether (sulfide) groups is 1. The van der Waals surface area contributed by atoms with Crippen molar-refractivity contribution in [2.75, 3.05) is 40.3 Å². The van der Waals surface area contributed by atoms with E-state index in [4.69, 9.17) is 18.0 Å². The Morgan fingerprint density at radius 1 is 1.06 bits per heavy atom. The van der Waals surface area contributed by atoms with Crippen LogP contribution in [0.15, 0.2) is 12.0 Å². The maximum absolute atomic E-state index is 5.52. The lowest BCUT2D eigenvalue weighted by Gasteiger charge is -2.24. The Hall–Kier alpha value is 0.147. The molecule has 0 spiro atoms. The molecule has 0 rings (SSSR count). The van der Waals surface area contributed by atoms with Gasteiger partial charge in [-0.1, -0.05) is 6.58 Å². The van der Waals surface area contributed by atoms with Gasteiger partial charge in [0.15, 0.2) is 0 Å². The summed E-state index contributed by atoms with van der Waals surface area (Å²) in [4.78, 5) is 0. The fraction of sp³-hybridized carbons (Fsp3) is 0.818. The standard InChI is InChI=1S/C11H24O4SSi/c1-5-16-10-6-8-15-9-7-11-17(12-2,13-3)14-4/h5H,1,6-11H2,2-4H3. The minimum absolute atomic E-state index is 0.726. The molecule has 102 valence electrons. The third kappa shape index (κ3) is 7.96. The minimum Gasteiger partial charge on any atom is -0.381 e. The van der Waals surface area contributed by atoms with E-state index in [0.29, 0.717) is 0 Å². The Labute approximate surface area is 110 Å². The second-order valence-corrected chi connectivity index (χ2v) is 7.57. The predicted molar refractivity (Wildman–Crippen MR) is 74.3 cm³/mol. The molecule has 0 radical (unpaired) electrons. The first-order valence-electron chi connectivity index (χ1n) is 5.70. The van der Waals surface area contributed by atoms with Gasteiger partial charge in [0.05, 0.1) is 0 Å². The van der Waals surface area contributed by atoms with Crippen molar-refractivity contribution >= 4 is 20.6 Å². The van der Waals surface area contributed by atoms with E-state index < -0.39 is 8.80 Å². The average Bonchev–Trinajstić information content (AvgIpc) is 2.38. The molecule has 0 bridgehead atoms. The van der Waals surface area contributed by atoms with Gasteiger partial charge in [-0.05, 0) is 24.0 Å². The Bertz CT molecular complexity index is 180. The molecule has 0 heterocycles. The van der Waals surface area contributed by atoms with Gasteiger partial charge in [0.2, 0.25) is 0 Å². The van der Waals surface area contributed by atoms with E-state index in [-0.39, 0.29) is 0 Å². The summed E-state index contributed by atoms with van der Waals surface area (Å²) >= 11 is 1.72. The third-order valence-corrected chi connectivity index (χ3v) is 5.97. The quantitative estimate of drug-likeness (QED) is 0.406. The van der Waals surface area contributed by atoms with E-state index in [9.17, 15) is 0 Å². The first kappa shape index (κ1) is 17.1. The molecule has 0 unspecified atom stereocenters. The molecule has 0 aliphatic carbocycles. The van der Waals surface area contributed by atoms with Gasteiger partial charge < -0.3 is 18.0 Å². The van der Waals surface area contributed by atoms with Gasteiger partial charge in [-0.15, -0.1) is 11.8 Å². The van der Waals surface area contributed by atoms with Gasteiger partial charge in [0, 0.05) is 40.6 Å². The van der Waals surface area contributed by atoms with Crippen molar-refractivity contribution in [2.24, 2.45) is 0 Å². The maximum atomic E-state index is 5.52. The van der Waals surface area contributed by atoms with Crippen LogP contribution < -0.4 is 0 Å². The summed E-state index contributed by atoms with van der Waals surface area (Å²) in [5.74, 6) is 1.07. The number of hydrogen-bond donors (Lipinski definition) is 0. The molecule has 6 heteroatoms. The Kier molecular flexibility index (Phi) is 11.3. The third-order valence-electron chi connectivity index (χ3n) is 2.37. The zero-order chi connectivity index (χ0) is 13.0. The Morgan fingerprint density at radius 3 is 2.18 bits per heavy atom. The van der Waals surface area contributed by atoms with Gasteiger partial charge in [-0.25, -0.2) is 0 Å². The molecular weight excluding hydrogens is 256 g/mol. The van der Waals surface area contributed by atoms with Crippen molar-refractivity contribution in [2.45, 2.75) is 18.9 Å². The normalized spacial score (nSPS) is 11.7. The van der Waals surface area contributed by atoms with E-state index in [2.05, 4.69) is 6.58 Å². The summed E-state index contributed by atoms with van der Waals surface area (Å²) in [5, 5.41) is 1.86. The topological polar surface area (TPSA) is 36.9 Å². The molecule has 0 aromatic rings. The van der Waals surface area contributed by atoms with Gasteiger partial charge in [0.1, 0.15) is 0 Å². The molecule has 17 heavy (non-hydrogen) atoms. The lowest BCUT2D eigenvalue weighted by molar-refractivity contribution is 0.108. The van der Waals surface area contributed by atoms with Crippen LogP contribution in [0.4, 0.5) is 0 Å². The molecule has 0 aliphatic heterocycles.